The van der Waals surface area contributed by atoms with Gasteiger partial charge in [0, 0.05) is 25.3 Å². The molecular weight excluding hydrogens is 292 g/mol. The summed E-state index contributed by atoms with van der Waals surface area (Å²) in [5.74, 6) is 0. The summed E-state index contributed by atoms with van der Waals surface area (Å²) in [5, 5.41) is 10.0. The van der Waals surface area contributed by atoms with E-state index >= 15 is 0 Å². The van der Waals surface area contributed by atoms with Crippen LogP contribution in [0.5, 0.6) is 0 Å². The Morgan fingerprint density at radius 2 is 2.27 bits per heavy atom. The second kappa shape index (κ2) is 6.74. The molecule has 0 saturated carbocycles. The SMILES string of the molecule is O=c1ccn([C@H]2C[C@H](O)[C@@H](COC[C@H]3CCCO3)O2)c(=O)[nH]1. The molecule has 0 amide bonds. The predicted octanol–water partition coefficient (Wildman–Crippen LogP) is -0.619. The summed E-state index contributed by atoms with van der Waals surface area (Å²) in [6.07, 6.45) is 2.00. The van der Waals surface area contributed by atoms with E-state index in [2.05, 4.69) is 4.98 Å². The molecule has 8 heteroatoms. The normalized spacial score (nSPS) is 31.7. The zero-order chi connectivity index (χ0) is 15.5. The summed E-state index contributed by atoms with van der Waals surface area (Å²) < 4.78 is 17.9. The molecule has 2 aliphatic rings. The summed E-state index contributed by atoms with van der Waals surface area (Å²) in [6.45, 7) is 1.50. The maximum absolute atomic E-state index is 11.7. The lowest BCUT2D eigenvalue weighted by atomic mass is 10.2. The van der Waals surface area contributed by atoms with Gasteiger partial charge in [0.25, 0.3) is 5.56 Å². The van der Waals surface area contributed by atoms with Crippen molar-refractivity contribution in [2.75, 3.05) is 19.8 Å². The first-order valence-corrected chi connectivity index (χ1v) is 7.48. The number of nitrogens with zero attached hydrogens (tertiary/aromatic N) is 1. The molecule has 0 aliphatic carbocycles. The van der Waals surface area contributed by atoms with E-state index in [1.807, 2.05) is 0 Å². The highest BCUT2D eigenvalue weighted by atomic mass is 16.6. The average molecular weight is 312 g/mol. The number of aromatic amines is 1. The van der Waals surface area contributed by atoms with Crippen molar-refractivity contribution in [3.8, 4) is 0 Å². The Kier molecular flexibility index (Phi) is 4.72. The summed E-state index contributed by atoms with van der Waals surface area (Å²) in [4.78, 5) is 25.0. The molecule has 122 valence electrons. The molecule has 0 aromatic carbocycles. The Bertz CT molecular complexity index is 606. The lowest BCUT2D eigenvalue weighted by molar-refractivity contribution is -0.0768. The Morgan fingerprint density at radius 3 is 3.00 bits per heavy atom. The van der Waals surface area contributed by atoms with Crippen molar-refractivity contribution in [1.29, 1.82) is 0 Å². The Hall–Kier alpha value is -1.48. The van der Waals surface area contributed by atoms with Gasteiger partial charge in [-0.15, -0.1) is 0 Å². The van der Waals surface area contributed by atoms with Gasteiger partial charge in [0.1, 0.15) is 12.3 Å². The molecule has 1 aromatic rings. The van der Waals surface area contributed by atoms with E-state index in [4.69, 9.17) is 14.2 Å². The topological polar surface area (TPSA) is 103 Å². The zero-order valence-corrected chi connectivity index (χ0v) is 12.1. The van der Waals surface area contributed by atoms with Gasteiger partial charge in [0.15, 0.2) is 0 Å². The molecule has 0 bridgehead atoms. The van der Waals surface area contributed by atoms with Crippen molar-refractivity contribution in [2.24, 2.45) is 0 Å². The van der Waals surface area contributed by atoms with Crippen LogP contribution >= 0.6 is 0 Å². The molecule has 0 radical (unpaired) electrons. The van der Waals surface area contributed by atoms with Crippen molar-refractivity contribution in [3.63, 3.8) is 0 Å². The molecule has 0 unspecified atom stereocenters. The summed E-state index contributed by atoms with van der Waals surface area (Å²) >= 11 is 0. The quantitative estimate of drug-likeness (QED) is 0.751. The molecule has 22 heavy (non-hydrogen) atoms. The van der Waals surface area contributed by atoms with E-state index < -0.39 is 29.7 Å². The molecule has 2 fully saturated rings. The van der Waals surface area contributed by atoms with Gasteiger partial charge in [0.2, 0.25) is 0 Å². The fourth-order valence-corrected chi connectivity index (χ4v) is 2.78. The van der Waals surface area contributed by atoms with Crippen LogP contribution in [0, 0.1) is 0 Å². The first kappa shape index (κ1) is 15.4. The van der Waals surface area contributed by atoms with Gasteiger partial charge in [0.05, 0.1) is 25.4 Å². The van der Waals surface area contributed by atoms with Crippen molar-refractivity contribution in [2.45, 2.75) is 43.8 Å². The molecule has 2 aliphatic heterocycles. The van der Waals surface area contributed by atoms with Crippen LogP contribution in [0.1, 0.15) is 25.5 Å². The van der Waals surface area contributed by atoms with Crippen LogP contribution in [0.3, 0.4) is 0 Å². The third-order valence-corrected chi connectivity index (χ3v) is 3.98. The average Bonchev–Trinajstić information content (AvgIpc) is 3.10. The van der Waals surface area contributed by atoms with Gasteiger partial charge in [-0.25, -0.2) is 4.79 Å². The lowest BCUT2D eigenvalue weighted by Crippen LogP contribution is -2.32. The Labute approximate surface area is 126 Å². The van der Waals surface area contributed by atoms with Crippen LogP contribution in [0.4, 0.5) is 0 Å². The van der Waals surface area contributed by atoms with Gasteiger partial charge in [-0.1, -0.05) is 0 Å². The molecule has 2 N–H and O–H groups in total. The highest BCUT2D eigenvalue weighted by Gasteiger charge is 2.35. The fourth-order valence-electron chi connectivity index (χ4n) is 2.78. The molecule has 1 aromatic heterocycles. The van der Waals surface area contributed by atoms with E-state index in [9.17, 15) is 14.7 Å². The molecule has 0 spiro atoms. The summed E-state index contributed by atoms with van der Waals surface area (Å²) in [7, 11) is 0. The maximum Gasteiger partial charge on any atom is 0.330 e. The molecule has 3 heterocycles. The number of hydrogen-bond donors (Lipinski definition) is 2. The number of ether oxygens (including phenoxy) is 3. The monoisotopic (exact) mass is 312 g/mol. The highest BCUT2D eigenvalue weighted by Crippen LogP contribution is 2.27. The van der Waals surface area contributed by atoms with Gasteiger partial charge in [-0.2, -0.15) is 0 Å². The first-order valence-electron chi connectivity index (χ1n) is 7.48. The van der Waals surface area contributed by atoms with Crippen molar-refractivity contribution >= 4 is 0 Å². The minimum Gasteiger partial charge on any atom is -0.390 e. The van der Waals surface area contributed by atoms with E-state index in [0.717, 1.165) is 19.4 Å². The highest BCUT2D eigenvalue weighted by molar-refractivity contribution is 4.88. The van der Waals surface area contributed by atoms with Gasteiger partial charge < -0.3 is 19.3 Å². The largest absolute Gasteiger partial charge is 0.390 e. The minimum absolute atomic E-state index is 0.121. The molecule has 8 nitrogen and oxygen atoms in total. The van der Waals surface area contributed by atoms with Gasteiger partial charge >= 0.3 is 5.69 Å². The van der Waals surface area contributed by atoms with E-state index in [-0.39, 0.29) is 19.1 Å². The van der Waals surface area contributed by atoms with Crippen molar-refractivity contribution in [3.05, 3.63) is 33.1 Å². The standard InChI is InChI=1S/C14H20N2O6/c17-10-6-13(16-4-3-12(18)15-14(16)19)22-11(10)8-20-7-9-2-1-5-21-9/h3-4,9-11,13,17H,1-2,5-8H2,(H,15,18,19)/t9-,10+,11-,13-/m1/s1. The smallest absolute Gasteiger partial charge is 0.330 e. The Morgan fingerprint density at radius 1 is 1.41 bits per heavy atom. The number of nitrogens with one attached hydrogen (secondary N) is 1. The van der Waals surface area contributed by atoms with Crippen LogP contribution in [0.2, 0.25) is 0 Å². The van der Waals surface area contributed by atoms with Gasteiger partial charge in [-0.05, 0) is 12.8 Å². The van der Waals surface area contributed by atoms with Crippen LogP contribution in [-0.4, -0.2) is 52.8 Å². The minimum atomic E-state index is -0.715. The summed E-state index contributed by atoms with van der Waals surface area (Å²) in [6, 6.07) is 1.25. The Balaban J connectivity index is 1.54. The van der Waals surface area contributed by atoms with Crippen LogP contribution in [-0.2, 0) is 14.2 Å². The van der Waals surface area contributed by atoms with Crippen LogP contribution < -0.4 is 11.2 Å². The molecule has 2 saturated heterocycles. The number of aromatic nitrogens is 2. The third kappa shape index (κ3) is 3.46. The first-order chi connectivity index (χ1) is 10.6. The van der Waals surface area contributed by atoms with Gasteiger partial charge in [-0.3, -0.25) is 14.3 Å². The van der Waals surface area contributed by atoms with E-state index in [0.29, 0.717) is 6.61 Å². The second-order valence-electron chi connectivity index (χ2n) is 5.62. The third-order valence-electron chi connectivity index (χ3n) is 3.98. The second-order valence-corrected chi connectivity index (χ2v) is 5.62. The molecular formula is C14H20N2O6. The van der Waals surface area contributed by atoms with Crippen LogP contribution in [0.15, 0.2) is 21.9 Å². The number of aliphatic hydroxyl groups is 1. The van der Waals surface area contributed by atoms with Crippen molar-refractivity contribution < 1.29 is 19.3 Å². The number of hydrogen-bond acceptors (Lipinski definition) is 6. The lowest BCUT2D eigenvalue weighted by Gasteiger charge is -2.17. The molecule has 3 rings (SSSR count). The number of rotatable bonds is 5. The van der Waals surface area contributed by atoms with Crippen molar-refractivity contribution in [1.82, 2.24) is 9.55 Å². The predicted molar refractivity (Wildman–Crippen MR) is 75.6 cm³/mol. The maximum atomic E-state index is 11.7. The molecule has 4 atom stereocenters. The van der Waals surface area contributed by atoms with Crippen LogP contribution in [0.25, 0.3) is 0 Å². The zero-order valence-electron chi connectivity index (χ0n) is 12.1. The summed E-state index contributed by atoms with van der Waals surface area (Å²) in [5.41, 5.74) is -1.01. The number of H-pyrrole nitrogens is 1. The number of aliphatic hydroxyl groups excluding tert-OH is 1. The van der Waals surface area contributed by atoms with E-state index in [1.165, 1.54) is 16.8 Å². The van der Waals surface area contributed by atoms with E-state index in [1.54, 1.807) is 0 Å². The fraction of sp³-hybridized carbons (Fsp3) is 0.714.